The third kappa shape index (κ3) is 2.47. The van der Waals surface area contributed by atoms with Gasteiger partial charge in [0.25, 0.3) is 0 Å². The summed E-state index contributed by atoms with van der Waals surface area (Å²) in [5, 5.41) is 4.90. The van der Waals surface area contributed by atoms with E-state index in [1.165, 1.54) is 22.2 Å². The molecule has 20 heavy (non-hydrogen) atoms. The van der Waals surface area contributed by atoms with Gasteiger partial charge in [-0.3, -0.25) is 0 Å². The van der Waals surface area contributed by atoms with Gasteiger partial charge in [-0.05, 0) is 30.0 Å². The van der Waals surface area contributed by atoms with Gasteiger partial charge in [0.2, 0.25) is 0 Å². The molecule has 0 bridgehead atoms. The number of nitrogens with one attached hydrogen (secondary N) is 1. The summed E-state index contributed by atoms with van der Waals surface area (Å²) >= 11 is 0. The van der Waals surface area contributed by atoms with Crippen molar-refractivity contribution >= 4 is 10.9 Å². The van der Waals surface area contributed by atoms with Gasteiger partial charge in [0.15, 0.2) is 0 Å². The Morgan fingerprint density at radius 3 is 2.45 bits per heavy atom. The fourth-order valence-electron chi connectivity index (χ4n) is 2.63. The fraction of sp³-hybridized carbons (Fsp3) is 0.222. The highest BCUT2D eigenvalue weighted by Gasteiger charge is 2.08. The van der Waals surface area contributed by atoms with Gasteiger partial charge in [0, 0.05) is 30.8 Å². The van der Waals surface area contributed by atoms with Crippen molar-refractivity contribution in [2.24, 2.45) is 7.05 Å². The normalized spacial score (nSPS) is 12.7. The molecule has 0 fully saturated rings. The summed E-state index contributed by atoms with van der Waals surface area (Å²) in [7, 11) is 2.13. The summed E-state index contributed by atoms with van der Waals surface area (Å²) in [5.41, 5.74) is 3.93. The lowest BCUT2D eigenvalue weighted by atomic mass is 10.1. The van der Waals surface area contributed by atoms with E-state index >= 15 is 0 Å². The summed E-state index contributed by atoms with van der Waals surface area (Å²) in [5.74, 6) is 0. The van der Waals surface area contributed by atoms with Crippen LogP contribution in [0.15, 0.2) is 60.7 Å². The van der Waals surface area contributed by atoms with Crippen LogP contribution < -0.4 is 5.32 Å². The van der Waals surface area contributed by atoms with E-state index in [0.717, 1.165) is 6.54 Å². The van der Waals surface area contributed by atoms with Gasteiger partial charge in [-0.15, -0.1) is 0 Å². The topological polar surface area (TPSA) is 17.0 Å². The maximum absolute atomic E-state index is 3.60. The van der Waals surface area contributed by atoms with Crippen LogP contribution in [-0.4, -0.2) is 4.57 Å². The van der Waals surface area contributed by atoms with Gasteiger partial charge in [0.1, 0.15) is 0 Å². The van der Waals surface area contributed by atoms with Crippen LogP contribution in [0.4, 0.5) is 0 Å². The maximum atomic E-state index is 3.60. The van der Waals surface area contributed by atoms with E-state index in [9.17, 15) is 0 Å². The first-order valence-electron chi connectivity index (χ1n) is 7.07. The Balaban J connectivity index is 1.76. The highest BCUT2D eigenvalue weighted by molar-refractivity contribution is 5.81. The van der Waals surface area contributed by atoms with E-state index in [4.69, 9.17) is 0 Å². The largest absolute Gasteiger partial charge is 0.346 e. The predicted octanol–water partition coefficient (Wildman–Crippen LogP) is 4.03. The minimum Gasteiger partial charge on any atom is -0.346 e. The van der Waals surface area contributed by atoms with Crippen molar-refractivity contribution in [2.45, 2.75) is 19.5 Å². The Morgan fingerprint density at radius 1 is 1.00 bits per heavy atom. The lowest BCUT2D eigenvalue weighted by molar-refractivity contribution is 0.559. The van der Waals surface area contributed by atoms with Crippen molar-refractivity contribution in [1.29, 1.82) is 0 Å². The second kappa shape index (κ2) is 5.51. The van der Waals surface area contributed by atoms with Gasteiger partial charge >= 0.3 is 0 Å². The molecule has 2 aromatic carbocycles. The Hall–Kier alpha value is -2.06. The fourth-order valence-corrected chi connectivity index (χ4v) is 2.63. The van der Waals surface area contributed by atoms with Gasteiger partial charge < -0.3 is 9.88 Å². The molecule has 1 unspecified atom stereocenters. The molecule has 0 saturated carbocycles. The van der Waals surface area contributed by atoms with Gasteiger partial charge in [-0.2, -0.15) is 0 Å². The summed E-state index contributed by atoms with van der Waals surface area (Å²) in [6.07, 6.45) is 0. The van der Waals surface area contributed by atoms with Crippen molar-refractivity contribution in [3.63, 3.8) is 0 Å². The van der Waals surface area contributed by atoms with Crippen molar-refractivity contribution in [3.8, 4) is 0 Å². The molecule has 0 amide bonds. The first kappa shape index (κ1) is 12.9. The molecule has 3 aromatic rings. The predicted molar refractivity (Wildman–Crippen MR) is 84.6 cm³/mol. The molecule has 0 aliphatic heterocycles. The molecule has 0 radical (unpaired) electrons. The monoisotopic (exact) mass is 264 g/mol. The van der Waals surface area contributed by atoms with Gasteiger partial charge in [-0.1, -0.05) is 48.5 Å². The molecule has 2 nitrogen and oxygen atoms in total. The van der Waals surface area contributed by atoms with Crippen LogP contribution in [0.25, 0.3) is 10.9 Å². The van der Waals surface area contributed by atoms with Gasteiger partial charge in [-0.25, -0.2) is 0 Å². The number of nitrogens with zero attached hydrogens (tertiary/aromatic N) is 1. The molecule has 102 valence electrons. The van der Waals surface area contributed by atoms with Gasteiger partial charge in [0.05, 0.1) is 0 Å². The molecule has 1 aromatic heterocycles. The SMILES string of the molecule is CC(NCc1cc2ccccc2n1C)c1ccccc1. The molecular weight excluding hydrogens is 244 g/mol. The number of aryl methyl sites for hydroxylation is 1. The van der Waals surface area contributed by atoms with E-state index in [2.05, 4.69) is 84.5 Å². The van der Waals surface area contributed by atoms with Crippen molar-refractivity contribution in [2.75, 3.05) is 0 Å². The number of benzene rings is 2. The zero-order chi connectivity index (χ0) is 13.9. The van der Waals surface area contributed by atoms with Crippen LogP contribution in [0.1, 0.15) is 24.2 Å². The van der Waals surface area contributed by atoms with Crippen molar-refractivity contribution in [1.82, 2.24) is 9.88 Å². The molecule has 1 atom stereocenters. The Morgan fingerprint density at radius 2 is 1.70 bits per heavy atom. The number of hydrogen-bond acceptors (Lipinski definition) is 1. The average Bonchev–Trinajstić information content (AvgIpc) is 2.83. The molecule has 0 aliphatic rings. The second-order valence-corrected chi connectivity index (χ2v) is 5.27. The van der Waals surface area contributed by atoms with E-state index in [1.807, 2.05) is 0 Å². The van der Waals surface area contributed by atoms with Crippen LogP contribution in [0.2, 0.25) is 0 Å². The summed E-state index contributed by atoms with van der Waals surface area (Å²) in [6.45, 7) is 3.08. The van der Waals surface area contributed by atoms with Crippen LogP contribution in [0, 0.1) is 0 Å². The molecule has 0 aliphatic carbocycles. The number of para-hydroxylation sites is 1. The molecule has 3 rings (SSSR count). The highest BCUT2D eigenvalue weighted by atomic mass is 15.0. The van der Waals surface area contributed by atoms with E-state index in [1.54, 1.807) is 0 Å². The van der Waals surface area contributed by atoms with E-state index in [-0.39, 0.29) is 0 Å². The summed E-state index contributed by atoms with van der Waals surface area (Å²) in [4.78, 5) is 0. The quantitative estimate of drug-likeness (QED) is 0.753. The first-order valence-corrected chi connectivity index (χ1v) is 7.07. The maximum Gasteiger partial charge on any atom is 0.0480 e. The smallest absolute Gasteiger partial charge is 0.0480 e. The third-order valence-corrected chi connectivity index (χ3v) is 3.94. The lowest BCUT2D eigenvalue weighted by Crippen LogP contribution is -2.19. The minimum absolute atomic E-state index is 0.356. The minimum atomic E-state index is 0.356. The molecule has 0 saturated heterocycles. The zero-order valence-corrected chi connectivity index (χ0v) is 12.0. The third-order valence-electron chi connectivity index (χ3n) is 3.94. The highest BCUT2D eigenvalue weighted by Crippen LogP contribution is 2.19. The number of rotatable bonds is 4. The van der Waals surface area contributed by atoms with Crippen molar-refractivity contribution in [3.05, 3.63) is 71.9 Å². The van der Waals surface area contributed by atoms with Crippen LogP contribution >= 0.6 is 0 Å². The van der Waals surface area contributed by atoms with Crippen LogP contribution in [0.3, 0.4) is 0 Å². The zero-order valence-electron chi connectivity index (χ0n) is 12.0. The number of hydrogen-bond donors (Lipinski definition) is 1. The van der Waals surface area contributed by atoms with E-state index < -0.39 is 0 Å². The molecule has 1 N–H and O–H groups in total. The standard InChI is InChI=1S/C18H20N2/c1-14(15-8-4-3-5-9-15)19-13-17-12-16-10-6-7-11-18(16)20(17)2/h3-12,14,19H,13H2,1-2H3. The first-order chi connectivity index (χ1) is 9.75. The second-order valence-electron chi connectivity index (χ2n) is 5.27. The summed E-state index contributed by atoms with van der Waals surface area (Å²) in [6, 6.07) is 21.7. The Bertz CT molecular complexity index is 698. The molecular formula is C18H20N2. The molecule has 2 heteroatoms. The van der Waals surface area contributed by atoms with E-state index in [0.29, 0.717) is 6.04 Å². The number of fused-ring (bicyclic) bond motifs is 1. The molecule has 0 spiro atoms. The van der Waals surface area contributed by atoms with Crippen LogP contribution in [0.5, 0.6) is 0 Å². The molecule has 1 heterocycles. The Labute approximate surface area is 120 Å². The number of aromatic nitrogens is 1. The van der Waals surface area contributed by atoms with Crippen LogP contribution in [-0.2, 0) is 13.6 Å². The Kier molecular flexibility index (Phi) is 3.57. The van der Waals surface area contributed by atoms with Crippen molar-refractivity contribution < 1.29 is 0 Å². The lowest BCUT2D eigenvalue weighted by Gasteiger charge is -2.14. The average molecular weight is 264 g/mol. The summed E-state index contributed by atoms with van der Waals surface area (Å²) < 4.78 is 2.26.